The molecule has 0 bridgehead atoms. The van der Waals surface area contributed by atoms with Crippen LogP contribution in [0.1, 0.15) is 0 Å². The molecule has 1 saturated heterocycles. The highest BCUT2D eigenvalue weighted by atomic mass is 32.2. The molecule has 33 heavy (non-hydrogen) atoms. The first-order chi connectivity index (χ1) is 15.9. The van der Waals surface area contributed by atoms with Crippen molar-refractivity contribution in [3.8, 4) is 5.69 Å². The molecule has 0 spiro atoms. The summed E-state index contributed by atoms with van der Waals surface area (Å²) < 4.78 is 28.9. The Morgan fingerprint density at radius 2 is 1.27 bits per heavy atom. The Labute approximate surface area is 190 Å². The van der Waals surface area contributed by atoms with Crippen LogP contribution in [0.15, 0.2) is 93.3 Å². The number of hydrogen-bond acceptors (Lipinski definition) is 5. The summed E-state index contributed by atoms with van der Waals surface area (Å²) in [5, 5.41) is 3.17. The lowest BCUT2D eigenvalue weighted by atomic mass is 10.2. The molecule has 2 heterocycles. The van der Waals surface area contributed by atoms with E-state index >= 15 is 0 Å². The number of anilines is 1. The molecular formula is C24H22N4O4S. The number of sulfonamides is 1. The quantitative estimate of drug-likeness (QED) is 0.502. The van der Waals surface area contributed by atoms with E-state index in [-0.39, 0.29) is 10.5 Å². The van der Waals surface area contributed by atoms with E-state index in [1.54, 1.807) is 24.3 Å². The second kappa shape index (κ2) is 8.34. The second-order valence-corrected chi connectivity index (χ2v) is 9.79. The van der Waals surface area contributed by atoms with Gasteiger partial charge < -0.3 is 4.90 Å². The van der Waals surface area contributed by atoms with Crippen LogP contribution in [0, 0.1) is 0 Å². The van der Waals surface area contributed by atoms with Crippen molar-refractivity contribution in [3.63, 3.8) is 0 Å². The molecule has 0 aliphatic carbocycles. The van der Waals surface area contributed by atoms with Crippen LogP contribution in [0.4, 0.5) is 5.69 Å². The van der Waals surface area contributed by atoms with Crippen LogP contribution in [0.2, 0.25) is 0 Å². The maximum atomic E-state index is 13.2. The van der Waals surface area contributed by atoms with Gasteiger partial charge in [0.2, 0.25) is 10.0 Å². The van der Waals surface area contributed by atoms with E-state index in [0.717, 1.165) is 10.4 Å². The molecule has 8 nitrogen and oxygen atoms in total. The third-order valence-electron chi connectivity index (χ3n) is 5.91. The Bertz CT molecular complexity index is 1520. The van der Waals surface area contributed by atoms with Gasteiger partial charge in [0, 0.05) is 31.9 Å². The Kier molecular flexibility index (Phi) is 5.35. The summed E-state index contributed by atoms with van der Waals surface area (Å²) in [5.41, 5.74) is 0.695. The van der Waals surface area contributed by atoms with E-state index in [0.29, 0.717) is 42.6 Å². The number of hydrogen-bond donors (Lipinski definition) is 1. The molecule has 1 aromatic heterocycles. The van der Waals surface area contributed by atoms with Crippen molar-refractivity contribution in [2.24, 2.45) is 0 Å². The van der Waals surface area contributed by atoms with Gasteiger partial charge in [-0.25, -0.2) is 13.1 Å². The lowest BCUT2D eigenvalue weighted by Gasteiger charge is -2.35. The van der Waals surface area contributed by atoms with Crippen LogP contribution in [-0.2, 0) is 10.0 Å². The summed E-state index contributed by atoms with van der Waals surface area (Å²) in [5.74, 6) is 0. The Morgan fingerprint density at radius 1 is 0.667 bits per heavy atom. The van der Waals surface area contributed by atoms with Crippen LogP contribution in [0.25, 0.3) is 16.5 Å². The summed E-state index contributed by atoms with van der Waals surface area (Å²) in [7, 11) is -3.67. The number of nitrogens with zero attached hydrogens (tertiary/aromatic N) is 3. The summed E-state index contributed by atoms with van der Waals surface area (Å²) in [6.45, 7) is 1.98. The van der Waals surface area contributed by atoms with Gasteiger partial charge in [0.15, 0.2) is 0 Å². The highest BCUT2D eigenvalue weighted by Crippen LogP contribution is 2.22. The number of rotatable bonds is 4. The molecule has 0 atom stereocenters. The van der Waals surface area contributed by atoms with Crippen molar-refractivity contribution in [1.29, 1.82) is 0 Å². The fourth-order valence-corrected chi connectivity index (χ4v) is 5.55. The van der Waals surface area contributed by atoms with Gasteiger partial charge in [0.25, 0.3) is 11.1 Å². The second-order valence-electron chi connectivity index (χ2n) is 7.85. The van der Waals surface area contributed by atoms with Gasteiger partial charge in [0.05, 0.1) is 21.4 Å². The smallest absolute Gasteiger partial charge is 0.277 e. The molecule has 3 aromatic carbocycles. The van der Waals surface area contributed by atoms with Gasteiger partial charge >= 0.3 is 0 Å². The number of nitrogens with one attached hydrogen (secondary N) is 1. The van der Waals surface area contributed by atoms with Crippen LogP contribution in [0.3, 0.4) is 0 Å². The number of piperazine rings is 1. The molecule has 0 saturated carbocycles. The Balaban J connectivity index is 1.39. The molecular weight excluding hydrogens is 440 g/mol. The zero-order valence-corrected chi connectivity index (χ0v) is 18.5. The Hall–Kier alpha value is -3.69. The third-order valence-corrected chi connectivity index (χ3v) is 7.82. The minimum Gasteiger partial charge on any atom is -0.369 e. The first-order valence-electron chi connectivity index (χ1n) is 10.6. The van der Waals surface area contributed by atoms with Crippen LogP contribution >= 0.6 is 0 Å². The highest BCUT2D eigenvalue weighted by molar-refractivity contribution is 7.89. The average Bonchev–Trinajstić information content (AvgIpc) is 2.87. The van der Waals surface area contributed by atoms with Crippen molar-refractivity contribution < 1.29 is 8.42 Å². The van der Waals surface area contributed by atoms with Crippen molar-refractivity contribution in [2.75, 3.05) is 31.1 Å². The normalized spacial score (nSPS) is 15.1. The maximum absolute atomic E-state index is 13.2. The molecule has 0 unspecified atom stereocenters. The summed E-state index contributed by atoms with van der Waals surface area (Å²) >= 11 is 0. The summed E-state index contributed by atoms with van der Waals surface area (Å²) in [6, 6.07) is 22.5. The largest absolute Gasteiger partial charge is 0.369 e. The zero-order valence-electron chi connectivity index (χ0n) is 17.7. The lowest BCUT2D eigenvalue weighted by molar-refractivity contribution is 0.385. The van der Waals surface area contributed by atoms with Gasteiger partial charge in [-0.1, -0.05) is 30.3 Å². The van der Waals surface area contributed by atoms with Crippen molar-refractivity contribution in [2.45, 2.75) is 4.90 Å². The minimum atomic E-state index is -3.67. The molecule has 168 valence electrons. The van der Waals surface area contributed by atoms with Gasteiger partial charge in [-0.2, -0.15) is 4.31 Å². The predicted molar refractivity (Wildman–Crippen MR) is 128 cm³/mol. The molecule has 4 aromatic rings. The van der Waals surface area contributed by atoms with Gasteiger partial charge in [-0.15, -0.1) is 0 Å². The van der Waals surface area contributed by atoms with Crippen LogP contribution in [-0.4, -0.2) is 48.7 Å². The fraction of sp³-hybridized carbons (Fsp3) is 0.167. The highest BCUT2D eigenvalue weighted by Gasteiger charge is 2.28. The first-order valence-corrected chi connectivity index (χ1v) is 12.0. The topological polar surface area (TPSA) is 95.5 Å². The number of fused-ring (bicyclic) bond motifs is 1. The predicted octanol–water partition coefficient (Wildman–Crippen LogP) is 2.19. The molecule has 0 amide bonds. The van der Waals surface area contributed by atoms with Gasteiger partial charge in [-0.3, -0.25) is 14.7 Å². The average molecular weight is 463 g/mol. The molecule has 1 N–H and O–H groups in total. The monoisotopic (exact) mass is 462 g/mol. The first kappa shape index (κ1) is 21.2. The van der Waals surface area contributed by atoms with E-state index < -0.39 is 15.6 Å². The third kappa shape index (κ3) is 3.85. The van der Waals surface area contributed by atoms with E-state index in [9.17, 15) is 18.0 Å². The molecule has 1 fully saturated rings. The number of aromatic amines is 1. The minimum absolute atomic E-state index is 0.149. The zero-order chi connectivity index (χ0) is 23.0. The number of benzene rings is 3. The van der Waals surface area contributed by atoms with Crippen molar-refractivity contribution in [3.05, 3.63) is 99.6 Å². The molecule has 0 radical (unpaired) electrons. The molecule has 5 rings (SSSR count). The maximum Gasteiger partial charge on any atom is 0.277 e. The van der Waals surface area contributed by atoms with Crippen LogP contribution < -0.4 is 16.0 Å². The number of H-pyrrole nitrogens is 1. The lowest BCUT2D eigenvalue weighted by Crippen LogP contribution is -2.48. The van der Waals surface area contributed by atoms with Crippen LogP contribution in [0.5, 0.6) is 0 Å². The SMILES string of the molecule is O=c1[nH]n(-c2ccc(S(=O)(=O)N3CCN(c4ccccc4)CC3)cc2)c(=O)c2ccccc12. The van der Waals surface area contributed by atoms with Gasteiger partial charge in [-0.05, 0) is 48.5 Å². The van der Waals surface area contributed by atoms with Gasteiger partial charge in [0.1, 0.15) is 0 Å². The summed E-state index contributed by atoms with van der Waals surface area (Å²) in [6.07, 6.45) is 0. The molecule has 9 heteroatoms. The van der Waals surface area contributed by atoms with E-state index in [4.69, 9.17) is 0 Å². The molecule has 1 aliphatic rings. The van der Waals surface area contributed by atoms with Crippen molar-refractivity contribution in [1.82, 2.24) is 14.1 Å². The Morgan fingerprint density at radius 3 is 1.94 bits per heavy atom. The van der Waals surface area contributed by atoms with Crippen molar-refractivity contribution >= 4 is 26.5 Å². The number of aromatic nitrogens is 2. The van der Waals surface area contributed by atoms with E-state index in [1.807, 2.05) is 30.3 Å². The van der Waals surface area contributed by atoms with E-state index in [1.165, 1.54) is 28.6 Å². The number of para-hydroxylation sites is 1. The van der Waals surface area contributed by atoms with E-state index in [2.05, 4.69) is 10.00 Å². The standard InChI is InChI=1S/C24H22N4O4S/c29-23-21-8-4-5-9-22(21)24(30)28(25-23)19-10-12-20(13-11-19)33(31,32)27-16-14-26(15-17-27)18-6-2-1-3-7-18/h1-13H,14-17H2,(H,25,29). The summed E-state index contributed by atoms with van der Waals surface area (Å²) in [4.78, 5) is 27.5. The molecule has 1 aliphatic heterocycles. The fourth-order valence-electron chi connectivity index (χ4n) is 4.12.